The van der Waals surface area contributed by atoms with Crippen molar-refractivity contribution in [2.24, 2.45) is 5.73 Å². The Morgan fingerprint density at radius 1 is 1.42 bits per heavy atom. The molecule has 0 unspecified atom stereocenters. The largest absolute Gasteiger partial charge is 0.481 e. The molecule has 106 valence electrons. The quantitative estimate of drug-likeness (QED) is 0.830. The number of nitrogens with two attached hydrogens (primary N) is 1. The molecule has 3 N–H and O–H groups in total. The second-order valence-electron chi connectivity index (χ2n) is 3.60. The fourth-order valence-corrected chi connectivity index (χ4v) is 1.55. The molecule has 0 aliphatic carbocycles. The molecule has 1 aromatic heterocycles. The van der Waals surface area contributed by atoms with E-state index >= 15 is 0 Å². The highest BCUT2D eigenvalue weighted by molar-refractivity contribution is 5.70. The molecular weight excluding hydrogens is 275 g/mol. The van der Waals surface area contributed by atoms with Crippen molar-refractivity contribution in [2.45, 2.75) is 25.6 Å². The predicted molar refractivity (Wildman–Crippen MR) is 53.4 cm³/mol. The number of hydrogen-bond acceptors (Lipinski definition) is 3. The lowest BCUT2D eigenvalue weighted by Crippen LogP contribution is -2.19. The van der Waals surface area contributed by atoms with E-state index in [9.17, 15) is 26.7 Å². The van der Waals surface area contributed by atoms with Gasteiger partial charge in [0.1, 0.15) is 0 Å². The number of carboxylic acids is 1. The fraction of sp³-hybridized carbons (Fsp3) is 0.400. The van der Waals surface area contributed by atoms with E-state index in [1.165, 1.54) is 0 Å². The number of halogens is 5. The monoisotopic (exact) mass is 284 g/mol. The third-order valence-corrected chi connectivity index (χ3v) is 2.22. The zero-order chi connectivity index (χ0) is 14.8. The van der Waals surface area contributed by atoms with Crippen molar-refractivity contribution in [3.63, 3.8) is 0 Å². The molecule has 0 atom stereocenters. The molecule has 19 heavy (non-hydrogen) atoms. The molecule has 9 heteroatoms. The maximum Gasteiger partial charge on any atom is 0.418 e. The summed E-state index contributed by atoms with van der Waals surface area (Å²) in [5, 5.41) is 8.52. The molecule has 0 saturated heterocycles. The first-order valence-corrected chi connectivity index (χ1v) is 4.96. The number of nitrogens with zero attached hydrogens (tertiary/aromatic N) is 1. The number of rotatable bonds is 4. The summed E-state index contributed by atoms with van der Waals surface area (Å²) in [6.45, 7) is -0.371. The molecule has 0 aliphatic heterocycles. The van der Waals surface area contributed by atoms with Gasteiger partial charge >= 0.3 is 12.1 Å². The van der Waals surface area contributed by atoms with Crippen molar-refractivity contribution in [2.75, 3.05) is 0 Å². The summed E-state index contributed by atoms with van der Waals surface area (Å²) < 4.78 is 63.6. The summed E-state index contributed by atoms with van der Waals surface area (Å²) in [7, 11) is 0. The standard InChI is InChI=1S/C10H9F5N2O2/c11-9(12)5-1-4(3-16)17-6(2-7(18)19)8(5)10(13,14)15/h1,9H,2-3,16H2,(H,18,19). The summed E-state index contributed by atoms with van der Waals surface area (Å²) in [4.78, 5) is 13.9. The van der Waals surface area contributed by atoms with Crippen LogP contribution in [0.4, 0.5) is 22.0 Å². The van der Waals surface area contributed by atoms with Crippen LogP contribution in [-0.4, -0.2) is 16.1 Å². The summed E-state index contributed by atoms with van der Waals surface area (Å²) in [5.74, 6) is -1.60. The van der Waals surface area contributed by atoms with Crippen molar-refractivity contribution in [1.82, 2.24) is 4.98 Å². The molecular formula is C10H9F5N2O2. The summed E-state index contributed by atoms with van der Waals surface area (Å²) >= 11 is 0. The van der Waals surface area contributed by atoms with E-state index in [1.54, 1.807) is 0 Å². The van der Waals surface area contributed by atoms with Crippen LogP contribution in [0.5, 0.6) is 0 Å². The van der Waals surface area contributed by atoms with Gasteiger partial charge in [-0.25, -0.2) is 8.78 Å². The minimum absolute atomic E-state index is 0.223. The van der Waals surface area contributed by atoms with Crippen molar-refractivity contribution < 1.29 is 31.9 Å². The first-order valence-electron chi connectivity index (χ1n) is 4.96. The number of aromatic nitrogens is 1. The van der Waals surface area contributed by atoms with Crippen LogP contribution in [-0.2, 0) is 23.9 Å². The van der Waals surface area contributed by atoms with Crippen LogP contribution < -0.4 is 5.73 Å². The molecule has 0 saturated carbocycles. The Balaban J connectivity index is 3.56. The third-order valence-electron chi connectivity index (χ3n) is 2.22. The van der Waals surface area contributed by atoms with E-state index in [1.807, 2.05) is 0 Å². The van der Waals surface area contributed by atoms with E-state index in [4.69, 9.17) is 10.8 Å². The van der Waals surface area contributed by atoms with E-state index in [0.717, 1.165) is 0 Å². The lowest BCUT2D eigenvalue weighted by molar-refractivity contribution is -0.141. The molecule has 1 rings (SSSR count). The fourth-order valence-electron chi connectivity index (χ4n) is 1.55. The second-order valence-corrected chi connectivity index (χ2v) is 3.60. The highest BCUT2D eigenvalue weighted by atomic mass is 19.4. The van der Waals surface area contributed by atoms with E-state index in [0.29, 0.717) is 6.07 Å². The molecule has 0 spiro atoms. The molecule has 0 fully saturated rings. The Labute approximate surface area is 104 Å². The second kappa shape index (κ2) is 5.47. The van der Waals surface area contributed by atoms with Gasteiger partial charge in [-0.3, -0.25) is 9.78 Å². The van der Waals surface area contributed by atoms with Crippen LogP contribution in [0.25, 0.3) is 0 Å². The predicted octanol–water partition coefficient (Wildman–Crippen LogP) is 2.12. The minimum Gasteiger partial charge on any atom is -0.481 e. The molecule has 0 amide bonds. The van der Waals surface area contributed by atoms with Crippen LogP contribution in [0.2, 0.25) is 0 Å². The molecule has 4 nitrogen and oxygen atoms in total. The van der Waals surface area contributed by atoms with Crippen molar-refractivity contribution in [1.29, 1.82) is 0 Å². The van der Waals surface area contributed by atoms with Crippen LogP contribution in [0, 0.1) is 0 Å². The summed E-state index contributed by atoms with van der Waals surface area (Å²) in [6, 6.07) is 0.541. The van der Waals surface area contributed by atoms with Crippen LogP contribution in [0.3, 0.4) is 0 Å². The van der Waals surface area contributed by atoms with E-state index < -0.39 is 41.8 Å². The smallest absolute Gasteiger partial charge is 0.418 e. The third kappa shape index (κ3) is 3.60. The molecule has 1 aromatic rings. The van der Waals surface area contributed by atoms with Gasteiger partial charge in [0.15, 0.2) is 0 Å². The van der Waals surface area contributed by atoms with Crippen molar-refractivity contribution in [3.8, 4) is 0 Å². The Hall–Kier alpha value is -1.77. The Kier molecular flexibility index (Phi) is 4.40. The van der Waals surface area contributed by atoms with Crippen molar-refractivity contribution in [3.05, 3.63) is 28.6 Å². The van der Waals surface area contributed by atoms with Gasteiger partial charge in [-0.1, -0.05) is 0 Å². The van der Waals surface area contributed by atoms with Gasteiger partial charge in [-0.05, 0) is 6.07 Å². The van der Waals surface area contributed by atoms with Gasteiger partial charge < -0.3 is 10.8 Å². The van der Waals surface area contributed by atoms with Crippen LogP contribution in [0.1, 0.15) is 28.9 Å². The molecule has 0 aromatic carbocycles. The lowest BCUT2D eigenvalue weighted by Gasteiger charge is -2.17. The number of carboxylic acid groups (broad SMARTS) is 1. The topological polar surface area (TPSA) is 76.2 Å². The number of pyridine rings is 1. The van der Waals surface area contributed by atoms with Gasteiger partial charge in [0.25, 0.3) is 6.43 Å². The van der Waals surface area contributed by atoms with Gasteiger partial charge in [0, 0.05) is 12.1 Å². The maximum absolute atomic E-state index is 12.8. The van der Waals surface area contributed by atoms with E-state index in [2.05, 4.69) is 4.98 Å². The number of carbonyl (C=O) groups is 1. The van der Waals surface area contributed by atoms with Gasteiger partial charge in [0.05, 0.1) is 23.4 Å². The Morgan fingerprint density at radius 2 is 2.00 bits per heavy atom. The average molecular weight is 284 g/mol. The zero-order valence-corrected chi connectivity index (χ0v) is 9.34. The van der Waals surface area contributed by atoms with Gasteiger partial charge in [-0.2, -0.15) is 13.2 Å². The van der Waals surface area contributed by atoms with E-state index in [-0.39, 0.29) is 12.2 Å². The zero-order valence-electron chi connectivity index (χ0n) is 9.34. The molecule has 1 heterocycles. The average Bonchev–Trinajstić information content (AvgIpc) is 2.25. The highest BCUT2D eigenvalue weighted by Gasteiger charge is 2.39. The summed E-state index contributed by atoms with van der Waals surface area (Å²) in [6.07, 6.45) is -9.63. The SMILES string of the molecule is NCc1cc(C(F)F)c(C(F)(F)F)c(CC(=O)O)n1. The highest BCUT2D eigenvalue weighted by Crippen LogP contribution is 2.38. The normalized spacial score (nSPS) is 11.9. The van der Waals surface area contributed by atoms with Crippen molar-refractivity contribution >= 4 is 5.97 Å². The van der Waals surface area contributed by atoms with Crippen LogP contribution >= 0.6 is 0 Å². The number of hydrogen-bond donors (Lipinski definition) is 2. The number of alkyl halides is 5. The number of aliphatic carboxylic acids is 1. The van der Waals surface area contributed by atoms with Gasteiger partial charge in [-0.15, -0.1) is 0 Å². The Bertz CT molecular complexity index is 488. The minimum atomic E-state index is -5.11. The summed E-state index contributed by atoms with van der Waals surface area (Å²) in [5.41, 5.74) is 0.946. The Morgan fingerprint density at radius 3 is 2.37 bits per heavy atom. The first-order chi connectivity index (χ1) is 8.66. The first kappa shape index (κ1) is 15.3. The lowest BCUT2D eigenvalue weighted by atomic mass is 10.0. The maximum atomic E-state index is 12.8. The molecule has 0 aliphatic rings. The van der Waals surface area contributed by atoms with Crippen LogP contribution in [0.15, 0.2) is 6.07 Å². The molecule has 0 radical (unpaired) electrons. The molecule has 0 bridgehead atoms. The van der Waals surface area contributed by atoms with Gasteiger partial charge in [0.2, 0.25) is 0 Å².